The van der Waals surface area contributed by atoms with E-state index in [0.29, 0.717) is 0 Å². The van der Waals surface area contributed by atoms with Gasteiger partial charge in [-0.3, -0.25) is 0 Å². The Bertz CT molecular complexity index is 736. The van der Waals surface area contributed by atoms with Crippen LogP contribution >= 0.6 is 0 Å². The Kier molecular flexibility index (Phi) is 8.90. The number of halogens is 2. The average molecular weight is 500 g/mol. The van der Waals surface area contributed by atoms with Gasteiger partial charge in [-0.1, -0.05) is 63.5 Å². The molecule has 1 aliphatic carbocycles. The number of rotatable bonds is 2. The zero-order valence-corrected chi connectivity index (χ0v) is 23.2. The molecule has 0 bridgehead atoms. The summed E-state index contributed by atoms with van der Waals surface area (Å²) in [5.41, 5.74) is 8.91. The molecule has 5 heteroatoms. The van der Waals surface area contributed by atoms with E-state index in [1.165, 1.54) is 33.0 Å². The first-order chi connectivity index (χ1) is 10.5. The molecule has 0 saturated heterocycles. The first-order valence-corrected chi connectivity index (χ1v) is 15.7. The Labute approximate surface area is 193 Å². The molecule has 139 valence electrons. The first-order valence-electron chi connectivity index (χ1n) is 8.69. The van der Waals surface area contributed by atoms with Crippen molar-refractivity contribution in [2.45, 2.75) is 59.6 Å². The third-order valence-corrected chi connectivity index (χ3v) is 9.09. The molecule has 0 amide bonds. The van der Waals surface area contributed by atoms with Gasteiger partial charge in [0.15, 0.2) is 0 Å². The van der Waals surface area contributed by atoms with Gasteiger partial charge in [0, 0.05) is 0 Å². The van der Waals surface area contributed by atoms with Gasteiger partial charge in [-0.25, -0.2) is 0 Å². The smallest absolute Gasteiger partial charge is 1.00 e. The van der Waals surface area contributed by atoms with Crippen molar-refractivity contribution in [1.82, 2.24) is 0 Å². The molecule has 0 unspecified atom stereocenters. The van der Waals surface area contributed by atoms with Crippen LogP contribution in [0.2, 0.25) is 39.3 Å². The van der Waals surface area contributed by atoms with Gasteiger partial charge in [0.2, 0.25) is 0 Å². The predicted octanol–water partition coefficient (Wildman–Crippen LogP) is -1.23. The Morgan fingerprint density at radius 3 is 1.81 bits per heavy atom. The van der Waals surface area contributed by atoms with Gasteiger partial charge in [-0.05, 0) is 30.0 Å². The average Bonchev–Trinajstić information content (AvgIpc) is 2.77. The van der Waals surface area contributed by atoms with Crippen molar-refractivity contribution in [3.05, 3.63) is 46.5 Å². The normalized spacial score (nSPS) is 12.3. The molecule has 0 aromatic heterocycles. The standard InChI is InChI=1S/C21H29Si2.2ClH.Zr/c1-14-9-16(22(3,4)5)11-20-18(14)13-19-15(2)10-17(12-21(19)20)23(6,7)8;;;/h9,11-12H,13H2,1-8H3;2*1H;/q-1;;;+3/p-2. The van der Waals surface area contributed by atoms with Gasteiger partial charge >= 0.3 is 26.2 Å². The van der Waals surface area contributed by atoms with Crippen molar-refractivity contribution < 1.29 is 51.0 Å². The molecule has 0 spiro atoms. The maximum Gasteiger partial charge on any atom is 3.00 e. The maximum absolute atomic E-state index is 3.72. The minimum Gasteiger partial charge on any atom is -1.00 e. The van der Waals surface area contributed by atoms with Crippen LogP contribution in [0, 0.1) is 19.9 Å². The fraction of sp³-hybridized carbons (Fsp3) is 0.429. The summed E-state index contributed by atoms with van der Waals surface area (Å²) in [5, 5.41) is 3.05. The van der Waals surface area contributed by atoms with Gasteiger partial charge in [-0.15, -0.1) is 11.1 Å². The van der Waals surface area contributed by atoms with Crippen molar-refractivity contribution in [2.75, 3.05) is 0 Å². The molecular formula is C21H29Cl2Si2Zr. The maximum atomic E-state index is 3.72. The molecule has 1 radical (unpaired) electrons. The summed E-state index contributed by atoms with van der Waals surface area (Å²) >= 11 is 0. The molecule has 2 aromatic carbocycles. The molecule has 2 aromatic rings. The van der Waals surface area contributed by atoms with E-state index in [4.69, 9.17) is 0 Å². The monoisotopic (exact) mass is 497 g/mol. The zero-order valence-electron chi connectivity index (χ0n) is 17.2. The molecule has 1 aliphatic rings. The second-order valence-electron chi connectivity index (χ2n) is 9.20. The van der Waals surface area contributed by atoms with Gasteiger partial charge < -0.3 is 24.8 Å². The third kappa shape index (κ3) is 4.84. The summed E-state index contributed by atoms with van der Waals surface area (Å²) in [6.07, 6.45) is 1.09. The van der Waals surface area contributed by atoms with Crippen LogP contribution in [-0.2, 0) is 32.6 Å². The minimum absolute atomic E-state index is 0. The van der Waals surface area contributed by atoms with Crippen LogP contribution in [-0.4, -0.2) is 16.1 Å². The topological polar surface area (TPSA) is 0 Å². The molecule has 0 aliphatic heterocycles. The van der Waals surface area contributed by atoms with Crippen LogP contribution in [0.4, 0.5) is 0 Å². The fourth-order valence-electron chi connectivity index (χ4n) is 3.52. The molecule has 3 rings (SSSR count). The van der Waals surface area contributed by atoms with Gasteiger partial charge in [0.1, 0.15) is 0 Å². The number of fused-ring (bicyclic) bond motifs is 3. The summed E-state index contributed by atoms with van der Waals surface area (Å²) in [4.78, 5) is 0. The number of benzene rings is 2. The van der Waals surface area contributed by atoms with Crippen molar-refractivity contribution in [3.63, 3.8) is 0 Å². The van der Waals surface area contributed by atoms with E-state index < -0.39 is 16.1 Å². The van der Waals surface area contributed by atoms with Crippen molar-refractivity contribution >= 4 is 26.5 Å². The van der Waals surface area contributed by atoms with Crippen molar-refractivity contribution in [3.8, 4) is 11.1 Å². The molecular weight excluding hydrogens is 471 g/mol. The molecule has 0 nitrogen and oxygen atoms in total. The molecule has 0 atom stereocenters. The van der Waals surface area contributed by atoms with E-state index in [1.54, 1.807) is 10.8 Å². The van der Waals surface area contributed by atoms with Crippen LogP contribution in [0.3, 0.4) is 0 Å². The van der Waals surface area contributed by atoms with E-state index >= 15 is 0 Å². The van der Waals surface area contributed by atoms with E-state index in [-0.39, 0.29) is 51.0 Å². The van der Waals surface area contributed by atoms with E-state index in [1.807, 2.05) is 0 Å². The van der Waals surface area contributed by atoms with E-state index in [2.05, 4.69) is 77.4 Å². The van der Waals surface area contributed by atoms with Crippen molar-refractivity contribution in [2.24, 2.45) is 0 Å². The van der Waals surface area contributed by atoms with Crippen LogP contribution < -0.4 is 35.2 Å². The molecule has 26 heavy (non-hydrogen) atoms. The number of hydrogen-bond acceptors (Lipinski definition) is 0. The quantitative estimate of drug-likeness (QED) is 0.306. The first kappa shape index (κ1) is 26.3. The predicted molar refractivity (Wildman–Crippen MR) is 109 cm³/mol. The molecule has 0 saturated carbocycles. The molecule has 0 heterocycles. The van der Waals surface area contributed by atoms with Crippen LogP contribution in [0.25, 0.3) is 11.1 Å². The molecule has 0 fully saturated rings. The summed E-state index contributed by atoms with van der Waals surface area (Å²) in [5.74, 6) is 0. The Balaban J connectivity index is 0.00000208. The number of hydrogen-bond donors (Lipinski definition) is 0. The second-order valence-corrected chi connectivity index (χ2v) is 19.3. The summed E-state index contributed by atoms with van der Waals surface area (Å²) in [7, 11) is -2.63. The molecule has 0 N–H and O–H groups in total. The van der Waals surface area contributed by atoms with E-state index in [9.17, 15) is 0 Å². The Morgan fingerprint density at radius 1 is 0.769 bits per heavy atom. The van der Waals surface area contributed by atoms with Gasteiger partial charge in [0.05, 0.1) is 16.1 Å². The van der Waals surface area contributed by atoms with Crippen LogP contribution in [0.15, 0.2) is 18.2 Å². The minimum atomic E-state index is -1.34. The van der Waals surface area contributed by atoms with E-state index in [0.717, 1.165) is 6.42 Å². The Morgan fingerprint density at radius 2 is 1.31 bits per heavy atom. The van der Waals surface area contributed by atoms with Crippen molar-refractivity contribution in [1.29, 1.82) is 0 Å². The summed E-state index contributed by atoms with van der Waals surface area (Å²) in [6, 6.07) is 11.1. The second kappa shape index (κ2) is 8.78. The van der Waals surface area contributed by atoms with Gasteiger partial charge in [-0.2, -0.15) is 22.9 Å². The third-order valence-electron chi connectivity index (χ3n) is 5.18. The van der Waals surface area contributed by atoms with Gasteiger partial charge in [0.25, 0.3) is 0 Å². The largest absolute Gasteiger partial charge is 3.00 e. The fourth-order valence-corrected chi connectivity index (χ4v) is 5.89. The zero-order chi connectivity index (χ0) is 17.2. The summed E-state index contributed by atoms with van der Waals surface area (Å²) < 4.78 is 0. The van der Waals surface area contributed by atoms with Crippen LogP contribution in [0.1, 0.15) is 22.3 Å². The van der Waals surface area contributed by atoms with Crippen LogP contribution in [0.5, 0.6) is 0 Å². The summed E-state index contributed by atoms with van der Waals surface area (Å²) in [6.45, 7) is 19.2. The number of aryl methyl sites for hydroxylation is 2. The SMILES string of the molecule is Cc1[c-]c([Si](C)(C)C)cc2c1Cc1c(C)cc([Si](C)(C)C)cc1-2.[Cl-].[Cl-].[Zr+3]. The Hall–Kier alpha value is 0.337.